The van der Waals surface area contributed by atoms with Gasteiger partial charge in [0.2, 0.25) is 11.8 Å². The average Bonchev–Trinajstić information content (AvgIpc) is 3.08. The Hall–Kier alpha value is -6.51. The minimum absolute atomic E-state index is 0.00319. The van der Waals surface area contributed by atoms with Crippen LogP contribution in [0.4, 0.5) is 17.1 Å². The van der Waals surface area contributed by atoms with E-state index >= 15 is 0 Å². The van der Waals surface area contributed by atoms with E-state index in [0.29, 0.717) is 28.5 Å². The maximum absolute atomic E-state index is 13.6. The van der Waals surface area contributed by atoms with E-state index < -0.39 is 28.7 Å². The Morgan fingerprint density at radius 3 is 1.71 bits per heavy atom. The van der Waals surface area contributed by atoms with E-state index in [1.807, 2.05) is 0 Å². The number of allylic oxidation sites excluding steroid dienone is 2. The van der Waals surface area contributed by atoms with Crippen LogP contribution in [-0.4, -0.2) is 61.1 Å². The van der Waals surface area contributed by atoms with E-state index in [0.717, 1.165) is 0 Å². The van der Waals surface area contributed by atoms with Gasteiger partial charge in [-0.1, -0.05) is 12.1 Å². The highest BCUT2D eigenvalue weighted by atomic mass is 16.6. The molecular weight excluding hydrogens is 664 g/mol. The number of nitro groups is 1. The van der Waals surface area contributed by atoms with Gasteiger partial charge in [0, 0.05) is 48.7 Å². The predicted molar refractivity (Wildman–Crippen MR) is 184 cm³/mol. The van der Waals surface area contributed by atoms with Gasteiger partial charge < -0.3 is 34.9 Å². The van der Waals surface area contributed by atoms with Crippen molar-refractivity contribution in [2.24, 2.45) is 0 Å². The zero-order chi connectivity index (χ0) is 37.1. The van der Waals surface area contributed by atoms with Gasteiger partial charge in [-0.3, -0.25) is 19.7 Å². The molecule has 2 amide bonds. The molecule has 0 unspecified atom stereocenters. The summed E-state index contributed by atoms with van der Waals surface area (Å²) in [4.78, 5) is 73.2. The van der Waals surface area contributed by atoms with Crippen LogP contribution in [-0.2, 0) is 33.4 Å². The Kier molecular flexibility index (Phi) is 12.6. The normalized spacial score (nSPS) is 13.8. The van der Waals surface area contributed by atoms with Crippen LogP contribution in [0.1, 0.15) is 49.5 Å². The average molecular weight is 701 g/mol. The number of amides is 2. The highest BCUT2D eigenvalue weighted by molar-refractivity contribution is 6.00. The van der Waals surface area contributed by atoms with E-state index in [9.17, 15) is 34.1 Å². The van der Waals surface area contributed by atoms with Gasteiger partial charge in [0.05, 0.1) is 27.6 Å². The van der Waals surface area contributed by atoms with Gasteiger partial charge >= 0.3 is 17.9 Å². The van der Waals surface area contributed by atoms with Crippen LogP contribution in [0.25, 0.3) is 0 Å². The first-order chi connectivity index (χ1) is 24.3. The second-order valence-corrected chi connectivity index (χ2v) is 11.2. The summed E-state index contributed by atoms with van der Waals surface area (Å²) in [5.74, 6) is -3.45. The molecule has 0 fully saturated rings. The van der Waals surface area contributed by atoms with Gasteiger partial charge in [0.1, 0.15) is 32.2 Å². The van der Waals surface area contributed by atoms with Gasteiger partial charge in [-0.25, -0.2) is 14.4 Å². The second kappa shape index (κ2) is 17.2. The Morgan fingerprint density at radius 2 is 1.20 bits per heavy atom. The predicted octanol–water partition coefficient (Wildman–Crippen LogP) is 4.77. The molecule has 3 N–H and O–H groups in total. The molecule has 1 aliphatic heterocycles. The smallest absolute Gasteiger partial charge is 0.338 e. The molecule has 0 aromatic heterocycles. The van der Waals surface area contributed by atoms with Crippen molar-refractivity contribution in [3.05, 3.63) is 117 Å². The highest BCUT2D eigenvalue weighted by Gasteiger charge is 2.38. The van der Waals surface area contributed by atoms with Crippen molar-refractivity contribution in [2.45, 2.75) is 33.6 Å². The molecule has 51 heavy (non-hydrogen) atoms. The number of non-ortho nitro benzene ring substituents is 1. The lowest BCUT2D eigenvalue weighted by atomic mass is 9.80. The van der Waals surface area contributed by atoms with Crippen LogP contribution in [0.5, 0.6) is 5.75 Å². The van der Waals surface area contributed by atoms with E-state index in [2.05, 4.69) is 16.0 Å². The maximum Gasteiger partial charge on any atom is 0.338 e. The second-order valence-electron chi connectivity index (χ2n) is 11.2. The number of esters is 3. The maximum atomic E-state index is 13.6. The van der Waals surface area contributed by atoms with Gasteiger partial charge in [-0.2, -0.15) is 0 Å². The fraction of sp³-hybridized carbons (Fsp3) is 0.250. The largest absolute Gasteiger partial charge is 0.490 e. The number of dihydropyridines is 1. The summed E-state index contributed by atoms with van der Waals surface area (Å²) >= 11 is 0. The lowest BCUT2D eigenvalue weighted by Gasteiger charge is -2.30. The van der Waals surface area contributed by atoms with E-state index in [1.165, 1.54) is 56.3 Å². The van der Waals surface area contributed by atoms with Gasteiger partial charge in [-0.15, -0.1) is 0 Å². The van der Waals surface area contributed by atoms with Gasteiger partial charge in [-0.05, 0) is 67.9 Å². The number of nitrogens with zero attached hydrogens (tertiary/aromatic N) is 1. The number of carbonyl (C=O) groups excluding carboxylic acids is 5. The zero-order valence-electron chi connectivity index (χ0n) is 28.3. The lowest BCUT2D eigenvalue weighted by Crippen LogP contribution is -2.33. The molecular formula is C36H36N4O11. The number of hydrogen-bond donors (Lipinski definition) is 3. The number of carbonyl (C=O) groups is 5. The van der Waals surface area contributed by atoms with Crippen molar-refractivity contribution in [3.63, 3.8) is 0 Å². The minimum atomic E-state index is -1.11. The van der Waals surface area contributed by atoms with Crippen molar-refractivity contribution >= 4 is 46.8 Å². The molecule has 266 valence electrons. The molecule has 0 aliphatic carbocycles. The van der Waals surface area contributed by atoms with Crippen molar-refractivity contribution in [3.8, 4) is 5.75 Å². The summed E-state index contributed by atoms with van der Waals surface area (Å²) < 4.78 is 21.9. The molecule has 15 heteroatoms. The van der Waals surface area contributed by atoms with Crippen molar-refractivity contribution in [2.75, 3.05) is 37.1 Å². The molecule has 0 bridgehead atoms. The monoisotopic (exact) mass is 700 g/mol. The van der Waals surface area contributed by atoms with Crippen LogP contribution in [0.3, 0.4) is 0 Å². The molecule has 1 aliphatic rings. The van der Waals surface area contributed by atoms with Crippen LogP contribution < -0.4 is 20.7 Å². The zero-order valence-corrected chi connectivity index (χ0v) is 28.3. The molecule has 0 saturated heterocycles. The molecule has 0 radical (unpaired) electrons. The molecule has 1 atom stereocenters. The van der Waals surface area contributed by atoms with Crippen molar-refractivity contribution in [1.29, 1.82) is 0 Å². The highest BCUT2D eigenvalue weighted by Crippen LogP contribution is 2.40. The lowest BCUT2D eigenvalue weighted by molar-refractivity contribution is -0.384. The van der Waals surface area contributed by atoms with Crippen LogP contribution in [0, 0.1) is 10.1 Å². The topological polar surface area (TPSA) is 201 Å². The summed E-state index contributed by atoms with van der Waals surface area (Å²) in [7, 11) is 0. The molecule has 0 spiro atoms. The number of rotatable bonds is 14. The Morgan fingerprint density at radius 1 is 0.706 bits per heavy atom. The fourth-order valence-electron chi connectivity index (χ4n) is 5.22. The Balaban J connectivity index is 1.44. The summed E-state index contributed by atoms with van der Waals surface area (Å²) in [5.41, 5.74) is 2.06. The van der Waals surface area contributed by atoms with Crippen LogP contribution in [0.15, 0.2) is 95.3 Å². The van der Waals surface area contributed by atoms with Gasteiger partial charge in [0.25, 0.3) is 5.69 Å². The number of anilines is 2. The summed E-state index contributed by atoms with van der Waals surface area (Å²) in [5, 5.41) is 19.9. The summed E-state index contributed by atoms with van der Waals surface area (Å²) in [6, 6.07) is 18.2. The third-order valence-electron chi connectivity index (χ3n) is 7.37. The number of hydrogen-bond acceptors (Lipinski definition) is 12. The Bertz CT molecular complexity index is 1880. The van der Waals surface area contributed by atoms with E-state index in [-0.39, 0.29) is 66.2 Å². The van der Waals surface area contributed by atoms with Crippen LogP contribution in [0.2, 0.25) is 0 Å². The van der Waals surface area contributed by atoms with Crippen LogP contribution >= 0.6 is 0 Å². The molecule has 1 heterocycles. The first kappa shape index (κ1) is 37.3. The standard InChI is InChI=1S/C36H36N4O11/c1-21-31(35(44)50-17-16-48-30-14-12-28(13-15-30)39-24(4)42)33(26-6-5-7-29(20-26)40(46)47)32(22(2)37-21)36(45)51-19-18-49-34(43)25-8-10-27(11-9-25)38-23(3)41/h5-15,20,33,37H,16-19H2,1-4H3,(H,38,41)(H,39,42)/t33-/m0/s1. The fourth-order valence-corrected chi connectivity index (χ4v) is 5.22. The van der Waals surface area contributed by atoms with Gasteiger partial charge in [0.15, 0.2) is 0 Å². The van der Waals surface area contributed by atoms with E-state index in [1.54, 1.807) is 44.2 Å². The molecule has 4 rings (SSSR count). The minimum Gasteiger partial charge on any atom is -0.490 e. The SMILES string of the molecule is CC(=O)Nc1ccc(OCCOC(=O)C2=C(C)NC(C)=C(C(=O)OCCOC(=O)c3ccc(NC(C)=O)cc3)[C@H]2c2cccc([N+](=O)[O-])c2)cc1. The first-order valence-electron chi connectivity index (χ1n) is 15.7. The van der Waals surface area contributed by atoms with Crippen molar-refractivity contribution in [1.82, 2.24) is 5.32 Å². The van der Waals surface area contributed by atoms with E-state index in [4.69, 9.17) is 18.9 Å². The third-order valence-corrected chi connectivity index (χ3v) is 7.37. The molecule has 3 aromatic rings. The number of benzene rings is 3. The Labute approximate surface area is 292 Å². The third kappa shape index (κ3) is 10.2. The number of nitro benzene ring substituents is 1. The number of nitrogens with one attached hydrogen (secondary N) is 3. The molecule has 0 saturated carbocycles. The summed E-state index contributed by atoms with van der Waals surface area (Å²) in [6.07, 6.45) is 0. The quantitative estimate of drug-likeness (QED) is 0.0685. The first-order valence-corrected chi connectivity index (χ1v) is 15.7. The molecule has 15 nitrogen and oxygen atoms in total. The van der Waals surface area contributed by atoms with Crippen molar-refractivity contribution < 1.29 is 47.8 Å². The molecule has 3 aromatic carbocycles. The number of ether oxygens (including phenoxy) is 4. The summed E-state index contributed by atoms with van der Waals surface area (Å²) in [6.45, 7) is 5.15.